The Labute approximate surface area is 132 Å². The maximum atomic E-state index is 6.07. The van der Waals surface area contributed by atoms with Crippen LogP contribution in [0.15, 0.2) is 64.8 Å². The minimum atomic E-state index is 0.221. The summed E-state index contributed by atoms with van der Waals surface area (Å²) >= 11 is 5.82. The number of hydrogen-bond acceptors (Lipinski definition) is 5. The van der Waals surface area contributed by atoms with Crippen LogP contribution in [0.25, 0.3) is 5.69 Å². The zero-order valence-electron chi connectivity index (χ0n) is 11.5. The van der Waals surface area contributed by atoms with Crippen molar-refractivity contribution in [1.29, 1.82) is 0 Å². The van der Waals surface area contributed by atoms with Gasteiger partial charge in [0.2, 0.25) is 0 Å². The fourth-order valence-electron chi connectivity index (χ4n) is 1.92. The van der Waals surface area contributed by atoms with Crippen LogP contribution in [0.2, 0.25) is 5.02 Å². The molecule has 22 heavy (non-hydrogen) atoms. The van der Waals surface area contributed by atoms with Gasteiger partial charge >= 0.3 is 0 Å². The van der Waals surface area contributed by atoms with Crippen molar-refractivity contribution < 1.29 is 0 Å². The Morgan fingerprint density at radius 3 is 2.27 bits per heavy atom. The third-order valence-electron chi connectivity index (χ3n) is 3.01. The number of nitrogen functional groups attached to an aromatic ring is 2. The van der Waals surface area contributed by atoms with Gasteiger partial charge < -0.3 is 11.5 Å². The molecule has 1 aromatic heterocycles. The highest BCUT2D eigenvalue weighted by atomic mass is 35.5. The Morgan fingerprint density at radius 1 is 0.909 bits per heavy atom. The fourth-order valence-corrected chi connectivity index (χ4v) is 2.05. The smallest absolute Gasteiger partial charge is 0.176 e. The lowest BCUT2D eigenvalue weighted by molar-refractivity contribution is 0.897. The van der Waals surface area contributed by atoms with Crippen LogP contribution in [-0.4, -0.2) is 9.78 Å². The first kappa shape index (κ1) is 14.1. The molecule has 0 aliphatic carbocycles. The number of rotatable bonds is 3. The van der Waals surface area contributed by atoms with E-state index in [0.717, 1.165) is 5.69 Å². The highest BCUT2D eigenvalue weighted by Gasteiger charge is 2.14. The Morgan fingerprint density at radius 2 is 1.59 bits per heavy atom. The van der Waals surface area contributed by atoms with Crippen molar-refractivity contribution in [3.8, 4) is 5.69 Å². The summed E-state index contributed by atoms with van der Waals surface area (Å²) in [6.45, 7) is 0. The SMILES string of the molecule is Nc1nn(-c2ccccc2)c(N)c1N=Nc1ccc(Cl)cc1. The van der Waals surface area contributed by atoms with E-state index >= 15 is 0 Å². The molecule has 0 saturated heterocycles. The van der Waals surface area contributed by atoms with E-state index in [2.05, 4.69) is 15.3 Å². The normalized spacial score (nSPS) is 11.1. The molecule has 0 amide bonds. The van der Waals surface area contributed by atoms with Crippen molar-refractivity contribution in [2.45, 2.75) is 0 Å². The van der Waals surface area contributed by atoms with E-state index in [9.17, 15) is 0 Å². The molecule has 0 unspecified atom stereocenters. The number of para-hydroxylation sites is 1. The molecule has 0 bridgehead atoms. The van der Waals surface area contributed by atoms with E-state index in [1.165, 1.54) is 4.68 Å². The van der Waals surface area contributed by atoms with Gasteiger partial charge in [-0.25, -0.2) is 4.68 Å². The first-order chi connectivity index (χ1) is 10.6. The van der Waals surface area contributed by atoms with Crippen LogP contribution in [0.4, 0.5) is 23.0 Å². The molecule has 4 N–H and O–H groups in total. The predicted octanol–water partition coefficient (Wildman–Crippen LogP) is 4.11. The number of aromatic nitrogens is 2. The van der Waals surface area contributed by atoms with Crippen LogP contribution < -0.4 is 11.5 Å². The molecule has 0 fully saturated rings. The largest absolute Gasteiger partial charge is 0.382 e. The van der Waals surface area contributed by atoms with Crippen molar-refractivity contribution in [2.75, 3.05) is 11.5 Å². The number of anilines is 2. The van der Waals surface area contributed by atoms with Crippen molar-refractivity contribution in [1.82, 2.24) is 9.78 Å². The van der Waals surface area contributed by atoms with E-state index in [-0.39, 0.29) is 5.82 Å². The molecule has 110 valence electrons. The van der Waals surface area contributed by atoms with E-state index in [4.69, 9.17) is 23.1 Å². The first-order valence-electron chi connectivity index (χ1n) is 6.52. The number of nitrogens with two attached hydrogens (primary N) is 2. The van der Waals surface area contributed by atoms with E-state index in [0.29, 0.717) is 22.2 Å². The summed E-state index contributed by atoms with van der Waals surface area (Å²) in [4.78, 5) is 0. The minimum Gasteiger partial charge on any atom is -0.382 e. The Bertz CT molecular complexity index is 808. The Hall–Kier alpha value is -2.86. The van der Waals surface area contributed by atoms with Gasteiger partial charge in [0.15, 0.2) is 17.3 Å². The second-order valence-corrected chi connectivity index (χ2v) is 4.98. The number of azo groups is 1. The number of hydrogen-bond donors (Lipinski definition) is 2. The topological polar surface area (TPSA) is 94.6 Å². The summed E-state index contributed by atoms with van der Waals surface area (Å²) in [5.74, 6) is 0.556. The molecule has 2 aromatic carbocycles. The maximum absolute atomic E-state index is 6.07. The van der Waals surface area contributed by atoms with Crippen molar-refractivity contribution in [3.05, 3.63) is 59.6 Å². The summed E-state index contributed by atoms with van der Waals surface area (Å²) in [5.41, 5.74) is 13.8. The van der Waals surface area contributed by atoms with Gasteiger partial charge in [-0.15, -0.1) is 10.2 Å². The highest BCUT2D eigenvalue weighted by molar-refractivity contribution is 6.30. The van der Waals surface area contributed by atoms with Gasteiger partial charge in [0.1, 0.15) is 0 Å². The maximum Gasteiger partial charge on any atom is 0.176 e. The monoisotopic (exact) mass is 312 g/mol. The zero-order valence-corrected chi connectivity index (χ0v) is 12.3. The Kier molecular flexibility index (Phi) is 3.76. The molecular weight excluding hydrogens is 300 g/mol. The molecule has 0 radical (unpaired) electrons. The van der Waals surface area contributed by atoms with E-state index < -0.39 is 0 Å². The molecule has 6 nitrogen and oxygen atoms in total. The van der Waals surface area contributed by atoms with Crippen LogP contribution >= 0.6 is 11.6 Å². The van der Waals surface area contributed by atoms with Crippen LogP contribution in [0.5, 0.6) is 0 Å². The molecule has 3 rings (SSSR count). The van der Waals surface area contributed by atoms with Gasteiger partial charge in [-0.05, 0) is 36.4 Å². The molecule has 0 aliphatic heterocycles. The second-order valence-electron chi connectivity index (χ2n) is 4.54. The molecule has 0 atom stereocenters. The molecule has 0 saturated carbocycles. The van der Waals surface area contributed by atoms with Crippen molar-refractivity contribution in [2.24, 2.45) is 10.2 Å². The average molecular weight is 313 g/mol. The predicted molar refractivity (Wildman–Crippen MR) is 88.0 cm³/mol. The molecule has 3 aromatic rings. The number of halogens is 1. The van der Waals surface area contributed by atoms with Crippen molar-refractivity contribution in [3.63, 3.8) is 0 Å². The third kappa shape index (κ3) is 2.77. The van der Waals surface area contributed by atoms with E-state index in [1.54, 1.807) is 24.3 Å². The molecule has 0 aliphatic rings. The lowest BCUT2D eigenvalue weighted by Crippen LogP contribution is -2.01. The molecule has 0 spiro atoms. The Balaban J connectivity index is 1.95. The summed E-state index contributed by atoms with van der Waals surface area (Å²) in [6, 6.07) is 16.4. The van der Waals surface area contributed by atoms with Gasteiger partial charge in [0.05, 0.1) is 11.4 Å². The van der Waals surface area contributed by atoms with Gasteiger partial charge in [0, 0.05) is 5.02 Å². The minimum absolute atomic E-state index is 0.221. The van der Waals surface area contributed by atoms with E-state index in [1.807, 2.05) is 30.3 Å². The van der Waals surface area contributed by atoms with Crippen LogP contribution in [0.1, 0.15) is 0 Å². The number of nitrogens with zero attached hydrogens (tertiary/aromatic N) is 4. The third-order valence-corrected chi connectivity index (χ3v) is 3.27. The van der Waals surface area contributed by atoms with Crippen LogP contribution in [-0.2, 0) is 0 Å². The van der Waals surface area contributed by atoms with Crippen LogP contribution in [0, 0.1) is 0 Å². The average Bonchev–Trinajstić information content (AvgIpc) is 2.82. The second kappa shape index (κ2) is 5.87. The summed E-state index contributed by atoms with van der Waals surface area (Å²) in [7, 11) is 0. The summed E-state index contributed by atoms with van der Waals surface area (Å²) in [6.07, 6.45) is 0. The zero-order chi connectivity index (χ0) is 15.5. The van der Waals surface area contributed by atoms with Gasteiger partial charge in [-0.3, -0.25) is 0 Å². The molecule has 7 heteroatoms. The van der Waals surface area contributed by atoms with Gasteiger partial charge in [-0.1, -0.05) is 29.8 Å². The first-order valence-corrected chi connectivity index (χ1v) is 6.89. The van der Waals surface area contributed by atoms with Gasteiger partial charge in [0.25, 0.3) is 0 Å². The quantitative estimate of drug-likeness (QED) is 0.712. The lowest BCUT2D eigenvalue weighted by atomic mass is 10.3. The fraction of sp³-hybridized carbons (Fsp3) is 0. The van der Waals surface area contributed by atoms with Crippen LogP contribution in [0.3, 0.4) is 0 Å². The summed E-state index contributed by atoms with van der Waals surface area (Å²) in [5, 5.41) is 13.0. The molecule has 1 heterocycles. The van der Waals surface area contributed by atoms with Gasteiger partial charge in [-0.2, -0.15) is 5.11 Å². The highest BCUT2D eigenvalue weighted by Crippen LogP contribution is 2.32. The lowest BCUT2D eigenvalue weighted by Gasteiger charge is -2.02. The number of benzene rings is 2. The standard InChI is InChI=1S/C15H13ClN6/c16-10-6-8-11(9-7-10)19-20-13-14(17)21-22(15(13)18)12-4-2-1-3-5-12/h1-9H,18H2,(H2,17,21). The molecular formula is C15H13ClN6. The summed E-state index contributed by atoms with van der Waals surface area (Å²) < 4.78 is 1.53. The van der Waals surface area contributed by atoms with Crippen molar-refractivity contribution >= 4 is 34.6 Å².